The lowest BCUT2D eigenvalue weighted by Crippen LogP contribution is -2.54. The van der Waals surface area contributed by atoms with Gasteiger partial charge in [-0.05, 0) is 70.3 Å². The summed E-state index contributed by atoms with van der Waals surface area (Å²) < 4.78 is 55.3. The summed E-state index contributed by atoms with van der Waals surface area (Å²) in [5.41, 5.74) is -0.990. The predicted octanol–water partition coefficient (Wildman–Crippen LogP) is 4.68. The van der Waals surface area contributed by atoms with Gasteiger partial charge in [-0.25, -0.2) is 13.9 Å². The maximum atomic E-state index is 14.0. The maximum absolute atomic E-state index is 14.0. The summed E-state index contributed by atoms with van der Waals surface area (Å²) in [6, 6.07) is 7.10. The molecule has 2 aromatic rings. The van der Waals surface area contributed by atoms with Crippen molar-refractivity contribution in [3.63, 3.8) is 0 Å². The molecule has 6 nitrogen and oxygen atoms in total. The highest BCUT2D eigenvalue weighted by atomic mass is 19.4. The van der Waals surface area contributed by atoms with Crippen LogP contribution in [0.3, 0.4) is 0 Å². The molecule has 0 radical (unpaired) electrons. The van der Waals surface area contributed by atoms with Crippen LogP contribution in [0.15, 0.2) is 30.3 Å². The molecule has 5 rings (SSSR count). The zero-order chi connectivity index (χ0) is 23.6. The smallest absolute Gasteiger partial charge is 0.330 e. The summed E-state index contributed by atoms with van der Waals surface area (Å²) >= 11 is 0. The Morgan fingerprint density at radius 3 is 2.39 bits per heavy atom. The standard InChI is InChI=1S/C23H27F4N5O/c1-30(2)22(15-4-3-5-16(24)12-15)10-8-21(9-11-22)14-31(20(33)28-21)19-13-18(23(25,26)27)29-32(19)17-6-7-17/h3-5,12-13,17H,6-11,14H2,1-2H3,(H,28,33)/t21-,22-. The second kappa shape index (κ2) is 7.44. The largest absolute Gasteiger partial charge is 0.435 e. The lowest BCUT2D eigenvalue weighted by Gasteiger charge is -2.48. The first-order chi connectivity index (χ1) is 15.5. The zero-order valence-corrected chi connectivity index (χ0v) is 18.6. The maximum Gasteiger partial charge on any atom is 0.435 e. The highest BCUT2D eigenvalue weighted by Crippen LogP contribution is 2.47. The quantitative estimate of drug-likeness (QED) is 0.668. The molecule has 10 heteroatoms. The fourth-order valence-electron chi connectivity index (χ4n) is 5.40. The van der Waals surface area contributed by atoms with Crippen molar-refractivity contribution < 1.29 is 22.4 Å². The van der Waals surface area contributed by atoms with Gasteiger partial charge in [0.1, 0.15) is 11.6 Å². The van der Waals surface area contributed by atoms with Crippen LogP contribution in [0.1, 0.15) is 55.8 Å². The number of rotatable bonds is 4. The van der Waals surface area contributed by atoms with Gasteiger partial charge in [0, 0.05) is 11.6 Å². The first-order valence-electron chi connectivity index (χ1n) is 11.2. The van der Waals surface area contributed by atoms with Gasteiger partial charge in [-0.3, -0.25) is 9.80 Å². The van der Waals surface area contributed by atoms with E-state index in [9.17, 15) is 22.4 Å². The minimum absolute atomic E-state index is 0.0961. The van der Waals surface area contributed by atoms with Gasteiger partial charge in [-0.1, -0.05) is 12.1 Å². The molecule has 1 spiro atoms. The van der Waals surface area contributed by atoms with E-state index >= 15 is 0 Å². The monoisotopic (exact) mass is 465 g/mol. The van der Waals surface area contributed by atoms with Gasteiger partial charge in [0.05, 0.1) is 18.1 Å². The normalized spacial score (nSPS) is 28.1. The van der Waals surface area contributed by atoms with E-state index in [4.69, 9.17) is 0 Å². The van der Waals surface area contributed by atoms with Crippen LogP contribution in [0, 0.1) is 5.82 Å². The van der Waals surface area contributed by atoms with Gasteiger partial charge in [0.2, 0.25) is 0 Å². The number of hydrogen-bond acceptors (Lipinski definition) is 3. The summed E-state index contributed by atoms with van der Waals surface area (Å²) in [6.45, 7) is 0.286. The van der Waals surface area contributed by atoms with Crippen LogP contribution in [0.2, 0.25) is 0 Å². The van der Waals surface area contributed by atoms with Crippen molar-refractivity contribution in [3.8, 4) is 0 Å². The summed E-state index contributed by atoms with van der Waals surface area (Å²) in [5, 5.41) is 6.84. The van der Waals surface area contributed by atoms with Crippen LogP contribution in [-0.2, 0) is 11.7 Å². The van der Waals surface area contributed by atoms with Crippen molar-refractivity contribution in [2.75, 3.05) is 25.5 Å². The van der Waals surface area contributed by atoms with Crippen molar-refractivity contribution in [3.05, 3.63) is 47.4 Å². The molecule has 3 aliphatic rings. The van der Waals surface area contributed by atoms with Crippen molar-refractivity contribution in [2.24, 2.45) is 0 Å². The highest BCUT2D eigenvalue weighted by molar-refractivity contribution is 5.94. The molecule has 1 N–H and O–H groups in total. The number of carbonyl (C=O) groups is 1. The molecule has 1 aromatic heterocycles. The van der Waals surface area contributed by atoms with E-state index in [1.165, 1.54) is 15.6 Å². The SMILES string of the molecule is CN(C)[C@]1(c2cccc(F)c2)CC[C@@]2(CC1)CN(c1cc(C(F)(F)F)nn1C1CC1)C(=O)N2. The molecule has 2 aliphatic carbocycles. The topological polar surface area (TPSA) is 53.4 Å². The second-order valence-electron chi connectivity index (χ2n) is 9.79. The van der Waals surface area contributed by atoms with E-state index in [1.807, 2.05) is 20.2 Å². The van der Waals surface area contributed by atoms with E-state index in [1.54, 1.807) is 12.1 Å². The Balaban J connectivity index is 1.40. The summed E-state index contributed by atoms with van der Waals surface area (Å²) in [6.07, 6.45) is -0.414. The Hall–Kier alpha value is -2.62. The van der Waals surface area contributed by atoms with Crippen LogP contribution in [0.4, 0.5) is 28.2 Å². The third kappa shape index (κ3) is 3.78. The minimum atomic E-state index is -4.57. The molecule has 2 saturated carbocycles. The molecular weight excluding hydrogens is 438 g/mol. The zero-order valence-electron chi connectivity index (χ0n) is 18.6. The number of amides is 2. The van der Waals surface area contributed by atoms with Crippen molar-refractivity contribution >= 4 is 11.8 Å². The average Bonchev–Trinajstić information content (AvgIpc) is 3.40. The summed E-state index contributed by atoms with van der Waals surface area (Å²) in [5.74, 6) is -0.0862. The van der Waals surface area contributed by atoms with Crippen LogP contribution in [-0.4, -0.2) is 46.9 Å². The molecule has 178 valence electrons. The Labute approximate surface area is 189 Å². The van der Waals surface area contributed by atoms with Gasteiger partial charge in [0.25, 0.3) is 0 Å². The van der Waals surface area contributed by atoms with Gasteiger partial charge in [-0.2, -0.15) is 18.3 Å². The first-order valence-corrected chi connectivity index (χ1v) is 11.2. The minimum Gasteiger partial charge on any atom is -0.330 e. The number of aromatic nitrogens is 2. The van der Waals surface area contributed by atoms with Crippen molar-refractivity contribution in [1.29, 1.82) is 0 Å². The molecule has 0 atom stereocenters. The van der Waals surface area contributed by atoms with Crippen LogP contribution >= 0.6 is 0 Å². The Kier molecular flexibility index (Phi) is 5.00. The Morgan fingerprint density at radius 2 is 1.82 bits per heavy atom. The molecule has 2 heterocycles. The third-order valence-electron chi connectivity index (χ3n) is 7.51. The van der Waals surface area contributed by atoms with Crippen LogP contribution < -0.4 is 10.2 Å². The molecule has 1 aliphatic heterocycles. The fraction of sp³-hybridized carbons (Fsp3) is 0.565. The van der Waals surface area contributed by atoms with E-state index in [-0.39, 0.29) is 29.8 Å². The highest BCUT2D eigenvalue weighted by Gasteiger charge is 2.51. The van der Waals surface area contributed by atoms with Gasteiger partial charge < -0.3 is 5.32 Å². The Morgan fingerprint density at radius 1 is 1.12 bits per heavy atom. The summed E-state index contributed by atoms with van der Waals surface area (Å²) in [7, 11) is 3.94. The molecule has 1 saturated heterocycles. The molecule has 2 amide bonds. The van der Waals surface area contributed by atoms with E-state index < -0.39 is 23.4 Å². The lowest BCUT2D eigenvalue weighted by molar-refractivity contribution is -0.141. The number of nitrogens with zero attached hydrogens (tertiary/aromatic N) is 4. The van der Waals surface area contributed by atoms with Gasteiger partial charge in [0.15, 0.2) is 5.69 Å². The number of hydrogen-bond donors (Lipinski definition) is 1. The van der Waals surface area contributed by atoms with E-state index in [2.05, 4.69) is 15.3 Å². The number of carbonyl (C=O) groups excluding carboxylic acids is 1. The molecule has 1 aromatic carbocycles. The number of alkyl halides is 3. The first kappa shape index (κ1) is 22.2. The third-order valence-corrected chi connectivity index (χ3v) is 7.51. The Bertz CT molecular complexity index is 1070. The van der Waals surface area contributed by atoms with Crippen molar-refractivity contribution in [1.82, 2.24) is 20.0 Å². The molecule has 0 bridgehead atoms. The number of anilines is 1. The van der Waals surface area contributed by atoms with Crippen LogP contribution in [0.25, 0.3) is 0 Å². The second-order valence-corrected chi connectivity index (χ2v) is 9.79. The van der Waals surface area contributed by atoms with Gasteiger partial charge >= 0.3 is 12.2 Å². The molecule has 0 unspecified atom stereocenters. The van der Waals surface area contributed by atoms with E-state index in [0.717, 1.165) is 24.5 Å². The molecule has 33 heavy (non-hydrogen) atoms. The van der Waals surface area contributed by atoms with Gasteiger partial charge in [-0.15, -0.1) is 0 Å². The fourth-order valence-corrected chi connectivity index (χ4v) is 5.40. The summed E-state index contributed by atoms with van der Waals surface area (Å²) in [4.78, 5) is 16.5. The number of benzene rings is 1. The molecule has 3 fully saturated rings. The number of halogens is 4. The van der Waals surface area contributed by atoms with Crippen LogP contribution in [0.5, 0.6) is 0 Å². The number of urea groups is 1. The molecular formula is C23H27F4N5O. The van der Waals surface area contributed by atoms with Crippen molar-refractivity contribution in [2.45, 2.75) is 61.8 Å². The van der Waals surface area contributed by atoms with E-state index in [0.29, 0.717) is 25.7 Å². The lowest BCUT2D eigenvalue weighted by atomic mass is 9.69. The predicted molar refractivity (Wildman–Crippen MR) is 114 cm³/mol. The number of nitrogens with one attached hydrogen (secondary N) is 1. The average molecular weight is 465 g/mol.